The van der Waals surface area contributed by atoms with Crippen LogP contribution < -0.4 is 5.43 Å². The molecule has 0 spiro atoms. The molecule has 2 rings (SSSR count). The van der Waals surface area contributed by atoms with E-state index in [2.05, 4.69) is 28.9 Å². The lowest BCUT2D eigenvalue weighted by Crippen LogP contribution is -2.28. The second-order valence-corrected chi connectivity index (χ2v) is 6.72. The predicted octanol–water partition coefficient (Wildman–Crippen LogP) is 2.36. The van der Waals surface area contributed by atoms with Crippen molar-refractivity contribution in [1.29, 1.82) is 0 Å². The summed E-state index contributed by atoms with van der Waals surface area (Å²) >= 11 is 1.77. The van der Waals surface area contributed by atoms with Gasteiger partial charge in [0.2, 0.25) is 0 Å². The highest BCUT2D eigenvalue weighted by atomic mass is 32.1. The van der Waals surface area contributed by atoms with Crippen molar-refractivity contribution in [2.24, 2.45) is 0 Å². The van der Waals surface area contributed by atoms with Gasteiger partial charge in [-0.05, 0) is 32.9 Å². The van der Waals surface area contributed by atoms with Crippen LogP contribution in [0.25, 0.3) is 0 Å². The fraction of sp³-hybridized carbons (Fsp3) is 0.438. The summed E-state index contributed by atoms with van der Waals surface area (Å²) in [6, 6.07) is 4.23. The summed E-state index contributed by atoms with van der Waals surface area (Å²) in [5.74, 6) is 0. The van der Waals surface area contributed by atoms with Crippen LogP contribution in [0.3, 0.4) is 0 Å². The number of pyridine rings is 1. The maximum atomic E-state index is 12.0. The molecule has 0 aliphatic carbocycles. The van der Waals surface area contributed by atoms with E-state index in [4.69, 9.17) is 0 Å². The van der Waals surface area contributed by atoms with Crippen LogP contribution in [-0.2, 0) is 13.1 Å². The molecule has 0 aliphatic rings. The minimum atomic E-state index is 0.0969. The summed E-state index contributed by atoms with van der Waals surface area (Å²) in [7, 11) is 0. The number of nitrogens with zero attached hydrogens (tertiary/aromatic N) is 1. The van der Waals surface area contributed by atoms with Crippen LogP contribution in [0.5, 0.6) is 0 Å². The minimum absolute atomic E-state index is 0.0969. The molecule has 0 bridgehead atoms. The molecule has 21 heavy (non-hydrogen) atoms. The molecule has 0 saturated carbocycles. The second-order valence-electron chi connectivity index (χ2n) is 5.35. The molecule has 0 amide bonds. The van der Waals surface area contributed by atoms with Crippen LogP contribution in [0.1, 0.15) is 26.6 Å². The predicted molar refractivity (Wildman–Crippen MR) is 86.8 cm³/mol. The van der Waals surface area contributed by atoms with E-state index in [1.165, 1.54) is 9.75 Å². The summed E-state index contributed by atoms with van der Waals surface area (Å²) in [4.78, 5) is 19.9. The third-order valence-corrected chi connectivity index (χ3v) is 4.57. The van der Waals surface area contributed by atoms with Crippen LogP contribution in [-0.4, -0.2) is 28.1 Å². The van der Waals surface area contributed by atoms with Crippen molar-refractivity contribution in [1.82, 2.24) is 9.88 Å². The highest BCUT2D eigenvalue weighted by Gasteiger charge is 2.12. The van der Waals surface area contributed by atoms with E-state index in [1.807, 2.05) is 13.8 Å². The first kappa shape index (κ1) is 15.9. The number of aliphatic hydroxyl groups is 1. The van der Waals surface area contributed by atoms with Gasteiger partial charge in [0, 0.05) is 52.4 Å². The van der Waals surface area contributed by atoms with Gasteiger partial charge in [0.05, 0.1) is 6.61 Å². The van der Waals surface area contributed by atoms with Crippen LogP contribution in [0.2, 0.25) is 0 Å². The van der Waals surface area contributed by atoms with Gasteiger partial charge in [0.25, 0.3) is 0 Å². The zero-order chi connectivity index (χ0) is 15.4. The van der Waals surface area contributed by atoms with Crippen molar-refractivity contribution in [2.75, 3.05) is 13.2 Å². The summed E-state index contributed by atoms with van der Waals surface area (Å²) in [6.07, 6.45) is 1.76. The van der Waals surface area contributed by atoms with Crippen molar-refractivity contribution in [3.05, 3.63) is 55.1 Å². The van der Waals surface area contributed by atoms with Crippen molar-refractivity contribution in [2.45, 2.75) is 33.9 Å². The largest absolute Gasteiger partial charge is 0.395 e. The molecule has 2 heterocycles. The van der Waals surface area contributed by atoms with Crippen LogP contribution in [0, 0.1) is 20.8 Å². The van der Waals surface area contributed by atoms with E-state index in [0.29, 0.717) is 13.1 Å². The minimum Gasteiger partial charge on any atom is -0.395 e. The lowest BCUT2D eigenvalue weighted by atomic mass is 10.1. The number of H-pyrrole nitrogens is 1. The average molecular weight is 306 g/mol. The van der Waals surface area contributed by atoms with Gasteiger partial charge in [-0.3, -0.25) is 9.69 Å². The van der Waals surface area contributed by atoms with E-state index < -0.39 is 0 Å². The molecule has 0 atom stereocenters. The number of nitrogens with one attached hydrogen (secondary N) is 1. The normalized spacial score (nSPS) is 11.3. The lowest BCUT2D eigenvalue weighted by Gasteiger charge is -2.21. The van der Waals surface area contributed by atoms with E-state index in [0.717, 1.165) is 23.4 Å². The molecule has 0 saturated heterocycles. The molecule has 0 aromatic carbocycles. The van der Waals surface area contributed by atoms with Gasteiger partial charge in [0.1, 0.15) is 0 Å². The van der Waals surface area contributed by atoms with E-state index >= 15 is 0 Å². The zero-order valence-electron chi connectivity index (χ0n) is 12.8. The maximum absolute atomic E-state index is 12.0. The molecule has 0 aliphatic heterocycles. The van der Waals surface area contributed by atoms with Crippen molar-refractivity contribution in [3.8, 4) is 0 Å². The Morgan fingerprint density at radius 2 is 2.00 bits per heavy atom. The first-order valence-corrected chi connectivity index (χ1v) is 7.89. The molecular formula is C16H22N2O2S. The van der Waals surface area contributed by atoms with E-state index in [-0.39, 0.29) is 12.0 Å². The number of hydrogen-bond acceptors (Lipinski definition) is 4. The Morgan fingerprint density at radius 1 is 1.24 bits per heavy atom. The van der Waals surface area contributed by atoms with Crippen molar-refractivity contribution >= 4 is 11.3 Å². The number of aromatic amines is 1. The number of aryl methyl sites for hydroxylation is 2. The first-order valence-electron chi connectivity index (χ1n) is 7.07. The van der Waals surface area contributed by atoms with Gasteiger partial charge in [-0.15, -0.1) is 11.3 Å². The van der Waals surface area contributed by atoms with Crippen LogP contribution in [0.15, 0.2) is 23.1 Å². The van der Waals surface area contributed by atoms with Gasteiger partial charge in [-0.1, -0.05) is 0 Å². The Balaban J connectivity index is 2.16. The second kappa shape index (κ2) is 7.02. The first-order chi connectivity index (χ1) is 10.0. The van der Waals surface area contributed by atoms with Gasteiger partial charge in [-0.25, -0.2) is 0 Å². The fourth-order valence-electron chi connectivity index (χ4n) is 2.34. The number of thiophene rings is 1. The smallest absolute Gasteiger partial charge is 0.187 e. The van der Waals surface area contributed by atoms with Gasteiger partial charge in [0.15, 0.2) is 5.43 Å². The Morgan fingerprint density at radius 3 is 2.62 bits per heavy atom. The Kier molecular flexibility index (Phi) is 5.33. The summed E-state index contributed by atoms with van der Waals surface area (Å²) in [6.45, 7) is 7.88. The molecule has 5 heteroatoms. The molecule has 114 valence electrons. The topological polar surface area (TPSA) is 56.3 Å². The Labute approximate surface area is 129 Å². The highest BCUT2D eigenvalue weighted by molar-refractivity contribution is 7.11. The van der Waals surface area contributed by atoms with Gasteiger partial charge >= 0.3 is 0 Å². The summed E-state index contributed by atoms with van der Waals surface area (Å²) in [5.41, 5.74) is 2.52. The molecule has 0 radical (unpaired) electrons. The SMILES string of the molecule is Cc1ccc(CN(CCO)Cc2[nH]cc(C)c(=O)c2C)s1. The Hall–Kier alpha value is -1.43. The fourth-order valence-corrected chi connectivity index (χ4v) is 3.27. The van der Waals surface area contributed by atoms with Gasteiger partial charge < -0.3 is 10.1 Å². The quantitative estimate of drug-likeness (QED) is 0.861. The van der Waals surface area contributed by atoms with Crippen molar-refractivity contribution < 1.29 is 5.11 Å². The molecule has 2 aromatic heterocycles. The average Bonchev–Trinajstić information content (AvgIpc) is 2.85. The maximum Gasteiger partial charge on any atom is 0.187 e. The molecule has 2 N–H and O–H groups in total. The number of aliphatic hydroxyl groups excluding tert-OH is 1. The van der Waals surface area contributed by atoms with E-state index in [1.54, 1.807) is 17.5 Å². The highest BCUT2D eigenvalue weighted by Crippen LogP contribution is 2.18. The van der Waals surface area contributed by atoms with Crippen molar-refractivity contribution in [3.63, 3.8) is 0 Å². The summed E-state index contributed by atoms with van der Waals surface area (Å²) < 4.78 is 0. The van der Waals surface area contributed by atoms with Gasteiger partial charge in [-0.2, -0.15) is 0 Å². The van der Waals surface area contributed by atoms with Crippen LogP contribution >= 0.6 is 11.3 Å². The number of aromatic nitrogens is 1. The monoisotopic (exact) mass is 306 g/mol. The Bertz CT molecular complexity index is 661. The molecule has 0 unspecified atom stereocenters. The number of rotatable bonds is 6. The number of hydrogen-bond donors (Lipinski definition) is 2. The van der Waals surface area contributed by atoms with Crippen LogP contribution in [0.4, 0.5) is 0 Å². The third kappa shape index (κ3) is 4.03. The zero-order valence-corrected chi connectivity index (χ0v) is 13.6. The standard InChI is InChI=1S/C16H22N2O2S/c1-11-8-17-15(13(3)16(11)20)10-18(6-7-19)9-14-5-4-12(2)21-14/h4-5,8,19H,6-7,9-10H2,1-3H3,(H,17,20). The molecule has 0 fully saturated rings. The molecule has 2 aromatic rings. The summed E-state index contributed by atoms with van der Waals surface area (Å²) in [5, 5.41) is 9.26. The molecule has 4 nitrogen and oxygen atoms in total. The third-order valence-electron chi connectivity index (χ3n) is 3.59. The molecular weight excluding hydrogens is 284 g/mol. The lowest BCUT2D eigenvalue weighted by molar-refractivity contribution is 0.183. The van der Waals surface area contributed by atoms with E-state index in [9.17, 15) is 9.90 Å².